The van der Waals surface area contributed by atoms with Crippen molar-refractivity contribution in [3.63, 3.8) is 0 Å². The number of hydrogen-bond donors (Lipinski definition) is 1. The first-order valence-electron chi connectivity index (χ1n) is 11.8. The van der Waals surface area contributed by atoms with E-state index in [9.17, 15) is 18.0 Å². The molecule has 190 valence electrons. The molecule has 1 amide bonds. The summed E-state index contributed by atoms with van der Waals surface area (Å²) in [5.74, 6) is -0.758. The minimum Gasteiger partial charge on any atom is -0.492 e. The van der Waals surface area contributed by atoms with Crippen LogP contribution in [0, 0.1) is 5.92 Å². The Morgan fingerprint density at radius 1 is 1.14 bits per heavy atom. The number of piperidine rings is 1. The number of esters is 1. The lowest BCUT2D eigenvalue weighted by atomic mass is 9.98. The van der Waals surface area contributed by atoms with E-state index in [1.54, 1.807) is 24.3 Å². The van der Waals surface area contributed by atoms with E-state index < -0.39 is 21.9 Å². The molecule has 0 aliphatic carbocycles. The van der Waals surface area contributed by atoms with Gasteiger partial charge in [0.2, 0.25) is 15.9 Å². The third kappa shape index (κ3) is 6.96. The lowest BCUT2D eigenvalue weighted by Gasteiger charge is -2.31. The number of benzene rings is 2. The van der Waals surface area contributed by atoms with Crippen molar-refractivity contribution in [1.29, 1.82) is 0 Å². The Morgan fingerprint density at radius 3 is 2.54 bits per heavy atom. The molecular formula is C25H31ClN2O6S. The second-order valence-electron chi connectivity index (χ2n) is 8.28. The summed E-state index contributed by atoms with van der Waals surface area (Å²) < 4.78 is 38.2. The molecule has 0 radical (unpaired) electrons. The summed E-state index contributed by atoms with van der Waals surface area (Å²) in [5.41, 5.74) is 0.932. The number of nitrogens with zero attached hydrogens (tertiary/aromatic N) is 1. The molecule has 8 nitrogen and oxygen atoms in total. The predicted molar refractivity (Wildman–Crippen MR) is 134 cm³/mol. The first-order chi connectivity index (χ1) is 16.8. The maximum atomic E-state index is 13.2. The first kappa shape index (κ1) is 27.0. The highest BCUT2D eigenvalue weighted by atomic mass is 35.5. The van der Waals surface area contributed by atoms with Gasteiger partial charge in [0, 0.05) is 18.8 Å². The molecule has 0 bridgehead atoms. The second kappa shape index (κ2) is 12.4. The average Bonchev–Trinajstić information content (AvgIpc) is 2.86. The molecule has 0 saturated carbocycles. The van der Waals surface area contributed by atoms with Gasteiger partial charge in [-0.1, -0.05) is 24.9 Å². The Hall–Kier alpha value is -2.62. The van der Waals surface area contributed by atoms with Crippen LogP contribution in [-0.2, 0) is 19.6 Å². The minimum absolute atomic E-state index is 0.0634. The van der Waals surface area contributed by atoms with Crippen LogP contribution in [0.3, 0.4) is 0 Å². The minimum atomic E-state index is -3.82. The number of nitrogens with one attached hydrogen (secondary N) is 1. The van der Waals surface area contributed by atoms with Crippen LogP contribution >= 0.6 is 11.6 Å². The van der Waals surface area contributed by atoms with Crippen LogP contribution in [0.25, 0.3) is 0 Å². The third-order valence-corrected chi connectivity index (χ3v) is 7.87. The number of ether oxygens (including phenoxy) is 2. The summed E-state index contributed by atoms with van der Waals surface area (Å²) >= 11 is 6.18. The van der Waals surface area contributed by atoms with E-state index in [1.807, 2.05) is 13.8 Å². The van der Waals surface area contributed by atoms with Crippen molar-refractivity contribution in [3.05, 3.63) is 53.1 Å². The number of rotatable bonds is 10. The fraction of sp³-hybridized carbons (Fsp3) is 0.440. The van der Waals surface area contributed by atoms with Gasteiger partial charge in [-0.05, 0) is 68.7 Å². The van der Waals surface area contributed by atoms with E-state index in [4.69, 9.17) is 21.1 Å². The maximum Gasteiger partial charge on any atom is 0.338 e. The monoisotopic (exact) mass is 522 g/mol. The molecule has 10 heteroatoms. The average molecular weight is 523 g/mol. The number of halogens is 1. The van der Waals surface area contributed by atoms with Crippen LogP contribution in [0.4, 0.5) is 5.69 Å². The zero-order valence-corrected chi connectivity index (χ0v) is 21.5. The Balaban J connectivity index is 1.63. The highest BCUT2D eigenvalue weighted by Crippen LogP contribution is 2.30. The lowest BCUT2D eigenvalue weighted by molar-refractivity contribution is -0.120. The third-order valence-electron chi connectivity index (χ3n) is 5.72. The molecule has 1 heterocycles. The fourth-order valence-electron chi connectivity index (χ4n) is 3.76. The van der Waals surface area contributed by atoms with Crippen molar-refractivity contribution in [2.45, 2.75) is 44.4 Å². The number of unbranched alkanes of at least 4 members (excludes halogenated alkanes) is 1. The quantitative estimate of drug-likeness (QED) is 0.357. The standard InChI is InChI=1S/C25H31ClN2O6S/c1-3-5-15-34-25(30)18-8-10-20(11-9-18)27-24(29)19-7-6-14-28(17-19)35(31,32)21-12-13-23(33-4-2)22(26)16-21/h8-13,16,19H,3-7,14-15,17H2,1-2H3,(H,27,29)/t19-/m1/s1. The van der Waals surface area contributed by atoms with E-state index in [-0.39, 0.29) is 22.4 Å². The van der Waals surface area contributed by atoms with Crippen LogP contribution in [0.5, 0.6) is 5.75 Å². The first-order valence-corrected chi connectivity index (χ1v) is 13.6. The molecule has 2 aromatic carbocycles. The van der Waals surface area contributed by atoms with E-state index in [0.29, 0.717) is 49.6 Å². The molecule has 1 atom stereocenters. The van der Waals surface area contributed by atoms with Gasteiger partial charge in [0.1, 0.15) is 5.75 Å². The Bertz CT molecular complexity index is 1140. The Labute approximate surface area is 211 Å². The van der Waals surface area contributed by atoms with Crippen molar-refractivity contribution in [3.8, 4) is 5.75 Å². The zero-order chi connectivity index (χ0) is 25.4. The summed E-state index contributed by atoms with van der Waals surface area (Å²) in [6, 6.07) is 10.8. The largest absolute Gasteiger partial charge is 0.492 e. The highest BCUT2D eigenvalue weighted by Gasteiger charge is 2.33. The Kier molecular flexibility index (Phi) is 9.54. The summed E-state index contributed by atoms with van der Waals surface area (Å²) in [6.45, 7) is 5.02. The van der Waals surface area contributed by atoms with E-state index >= 15 is 0 Å². The number of carbonyl (C=O) groups excluding carboxylic acids is 2. The predicted octanol–water partition coefficient (Wildman–Crippen LogP) is 4.74. The van der Waals surface area contributed by atoms with Gasteiger partial charge in [-0.15, -0.1) is 0 Å². The molecule has 1 saturated heterocycles. The maximum absolute atomic E-state index is 13.2. The van der Waals surface area contributed by atoms with Gasteiger partial charge in [-0.2, -0.15) is 4.31 Å². The van der Waals surface area contributed by atoms with Gasteiger partial charge in [-0.25, -0.2) is 13.2 Å². The topological polar surface area (TPSA) is 102 Å². The molecule has 0 unspecified atom stereocenters. The van der Waals surface area contributed by atoms with Gasteiger partial charge < -0.3 is 14.8 Å². The van der Waals surface area contributed by atoms with Crippen LogP contribution in [0.2, 0.25) is 5.02 Å². The lowest BCUT2D eigenvalue weighted by Crippen LogP contribution is -2.43. The molecule has 0 aromatic heterocycles. The number of sulfonamides is 1. The summed E-state index contributed by atoms with van der Waals surface area (Å²) in [4.78, 5) is 25.0. The number of amides is 1. The summed E-state index contributed by atoms with van der Waals surface area (Å²) in [7, 11) is -3.82. The molecule has 1 N–H and O–H groups in total. The molecule has 1 aliphatic heterocycles. The molecule has 35 heavy (non-hydrogen) atoms. The van der Waals surface area contributed by atoms with Gasteiger partial charge in [0.15, 0.2) is 0 Å². The van der Waals surface area contributed by atoms with Crippen LogP contribution < -0.4 is 10.1 Å². The van der Waals surface area contributed by atoms with Crippen molar-refractivity contribution in [2.75, 3.05) is 31.6 Å². The van der Waals surface area contributed by atoms with E-state index in [1.165, 1.54) is 22.5 Å². The van der Waals surface area contributed by atoms with Crippen molar-refractivity contribution in [1.82, 2.24) is 4.31 Å². The van der Waals surface area contributed by atoms with Crippen LogP contribution in [-0.4, -0.2) is 50.9 Å². The van der Waals surface area contributed by atoms with Crippen LogP contribution in [0.1, 0.15) is 49.9 Å². The molecule has 2 aromatic rings. The van der Waals surface area contributed by atoms with Crippen molar-refractivity contribution < 1.29 is 27.5 Å². The number of hydrogen-bond acceptors (Lipinski definition) is 6. The van der Waals surface area contributed by atoms with Crippen molar-refractivity contribution >= 4 is 39.2 Å². The fourth-order valence-corrected chi connectivity index (χ4v) is 5.62. The summed E-state index contributed by atoms with van der Waals surface area (Å²) in [5, 5.41) is 3.04. The van der Waals surface area contributed by atoms with Crippen molar-refractivity contribution in [2.24, 2.45) is 5.92 Å². The molecule has 3 rings (SSSR count). The SMILES string of the molecule is CCCCOC(=O)c1ccc(NC(=O)[C@@H]2CCCN(S(=O)(=O)c3ccc(OCC)c(Cl)c3)C2)cc1. The Morgan fingerprint density at radius 2 is 1.89 bits per heavy atom. The highest BCUT2D eigenvalue weighted by molar-refractivity contribution is 7.89. The summed E-state index contributed by atoms with van der Waals surface area (Å²) in [6.07, 6.45) is 2.88. The van der Waals surface area contributed by atoms with Gasteiger partial charge >= 0.3 is 5.97 Å². The normalized spacial score (nSPS) is 16.5. The van der Waals surface area contributed by atoms with E-state index in [2.05, 4.69) is 5.32 Å². The molecule has 1 aliphatic rings. The zero-order valence-electron chi connectivity index (χ0n) is 20.0. The van der Waals surface area contributed by atoms with Crippen LogP contribution in [0.15, 0.2) is 47.4 Å². The van der Waals surface area contributed by atoms with Gasteiger partial charge in [0.05, 0.1) is 34.6 Å². The van der Waals surface area contributed by atoms with Gasteiger partial charge in [0.25, 0.3) is 0 Å². The molecule has 1 fully saturated rings. The number of carbonyl (C=O) groups is 2. The molecule has 0 spiro atoms. The van der Waals surface area contributed by atoms with Gasteiger partial charge in [-0.3, -0.25) is 4.79 Å². The van der Waals surface area contributed by atoms with E-state index in [0.717, 1.165) is 12.8 Å². The smallest absolute Gasteiger partial charge is 0.338 e. The second-order valence-corrected chi connectivity index (χ2v) is 10.6. The number of anilines is 1. The molecular weight excluding hydrogens is 492 g/mol.